The van der Waals surface area contributed by atoms with Gasteiger partial charge in [-0.05, 0) is 36.5 Å². The van der Waals surface area contributed by atoms with Crippen LogP contribution in [0.3, 0.4) is 0 Å². The molecule has 1 N–H and O–H groups in total. The van der Waals surface area contributed by atoms with Gasteiger partial charge < -0.3 is 10.2 Å². The molecule has 1 aliphatic heterocycles. The van der Waals surface area contributed by atoms with Gasteiger partial charge in [-0.15, -0.1) is 0 Å². The lowest BCUT2D eigenvalue weighted by Gasteiger charge is -2.37. The zero-order chi connectivity index (χ0) is 13.8. The van der Waals surface area contributed by atoms with Crippen LogP contribution in [0.5, 0.6) is 0 Å². The van der Waals surface area contributed by atoms with Crippen LogP contribution < -0.4 is 5.32 Å². The molecule has 110 valence electrons. The molecule has 1 heterocycles. The smallest absolute Gasteiger partial charge is 0.0408 e. The molecule has 4 heteroatoms. The largest absolute Gasteiger partial charge is 0.313 e. The summed E-state index contributed by atoms with van der Waals surface area (Å²) in [5.74, 6) is 3.32. The van der Waals surface area contributed by atoms with Crippen molar-refractivity contribution in [2.45, 2.75) is 24.8 Å². The van der Waals surface area contributed by atoms with E-state index in [1.807, 2.05) is 6.07 Å². The third-order valence-electron chi connectivity index (χ3n) is 4.42. The van der Waals surface area contributed by atoms with E-state index in [2.05, 4.69) is 40.2 Å². The number of halogens is 1. The minimum atomic E-state index is 0.706. The summed E-state index contributed by atoms with van der Waals surface area (Å²) in [6, 6.07) is 9.05. The first-order chi connectivity index (χ1) is 9.81. The lowest BCUT2D eigenvalue weighted by Crippen LogP contribution is -2.44. The highest BCUT2D eigenvalue weighted by molar-refractivity contribution is 7.99. The number of hydrogen-bond donors (Lipinski definition) is 1. The van der Waals surface area contributed by atoms with Gasteiger partial charge in [-0.25, -0.2) is 0 Å². The van der Waals surface area contributed by atoms with Crippen molar-refractivity contribution in [1.29, 1.82) is 0 Å². The molecule has 2 nitrogen and oxygen atoms in total. The normalized spacial score (nSPS) is 27.2. The van der Waals surface area contributed by atoms with Crippen LogP contribution in [-0.2, 0) is 0 Å². The highest BCUT2D eigenvalue weighted by Crippen LogP contribution is 2.37. The number of benzene rings is 1. The number of nitrogens with one attached hydrogen (secondary N) is 1. The van der Waals surface area contributed by atoms with Crippen molar-refractivity contribution in [3.8, 4) is 0 Å². The maximum absolute atomic E-state index is 6.05. The third-order valence-corrected chi connectivity index (χ3v) is 5.60. The Morgan fingerprint density at radius 1 is 1.25 bits per heavy atom. The Balaban J connectivity index is 1.34. The fraction of sp³-hybridized carbons (Fsp3) is 0.625. The summed E-state index contributed by atoms with van der Waals surface area (Å²) in [6.45, 7) is 4.88. The van der Waals surface area contributed by atoms with Gasteiger partial charge in [0.1, 0.15) is 0 Å². The summed E-state index contributed by atoms with van der Waals surface area (Å²) in [6.07, 6.45) is 2.52. The maximum atomic E-state index is 6.05. The van der Waals surface area contributed by atoms with Gasteiger partial charge in [-0.3, -0.25) is 0 Å². The fourth-order valence-electron chi connectivity index (χ4n) is 3.07. The quantitative estimate of drug-likeness (QED) is 0.899. The van der Waals surface area contributed by atoms with Gasteiger partial charge in [0.25, 0.3) is 0 Å². The Morgan fingerprint density at radius 2 is 2.05 bits per heavy atom. The minimum Gasteiger partial charge on any atom is -0.313 e. The average Bonchev–Trinajstić information content (AvgIpc) is 2.42. The first-order valence-electron chi connectivity index (χ1n) is 7.60. The van der Waals surface area contributed by atoms with Crippen molar-refractivity contribution < 1.29 is 0 Å². The average molecular weight is 311 g/mol. The molecule has 0 radical (unpaired) electrons. The Morgan fingerprint density at radius 3 is 2.80 bits per heavy atom. The molecule has 1 aliphatic carbocycles. The summed E-state index contributed by atoms with van der Waals surface area (Å²) in [4.78, 5) is 2.58. The molecule has 0 unspecified atom stereocenters. The molecular formula is C16H23ClN2S. The van der Waals surface area contributed by atoms with Gasteiger partial charge >= 0.3 is 0 Å². The zero-order valence-corrected chi connectivity index (χ0v) is 13.4. The fourth-order valence-corrected chi connectivity index (χ4v) is 4.25. The first kappa shape index (κ1) is 14.7. The summed E-state index contributed by atoms with van der Waals surface area (Å²) in [7, 11) is 0. The Bertz CT molecular complexity index is 428. The highest BCUT2D eigenvalue weighted by Gasteiger charge is 2.29. The Kier molecular flexibility index (Phi) is 5.27. The minimum absolute atomic E-state index is 0.706. The standard InChI is InChI=1S/C16H23ClN2S/c17-15-3-1-2-13(10-15)14-11-16(12-14)18-4-5-19-6-8-20-9-7-19/h1-3,10,14,16,18H,4-9,11-12H2. The summed E-state index contributed by atoms with van der Waals surface area (Å²) >= 11 is 8.13. The molecule has 3 rings (SSSR count). The molecule has 1 aromatic rings. The van der Waals surface area contributed by atoms with E-state index in [-0.39, 0.29) is 0 Å². The van der Waals surface area contributed by atoms with Crippen LogP contribution in [0.15, 0.2) is 24.3 Å². The summed E-state index contributed by atoms with van der Waals surface area (Å²) in [5.41, 5.74) is 1.41. The number of hydrogen-bond acceptors (Lipinski definition) is 3. The van der Waals surface area contributed by atoms with Gasteiger partial charge in [-0.2, -0.15) is 11.8 Å². The van der Waals surface area contributed by atoms with Crippen LogP contribution in [-0.4, -0.2) is 48.6 Å². The lowest BCUT2D eigenvalue weighted by atomic mass is 9.76. The molecular weight excluding hydrogens is 288 g/mol. The van der Waals surface area contributed by atoms with Crippen LogP contribution >= 0.6 is 23.4 Å². The van der Waals surface area contributed by atoms with Crippen LogP contribution in [0.2, 0.25) is 5.02 Å². The molecule has 0 spiro atoms. The molecule has 1 aromatic carbocycles. The molecule has 1 saturated heterocycles. The van der Waals surface area contributed by atoms with E-state index in [4.69, 9.17) is 11.6 Å². The predicted molar refractivity (Wildman–Crippen MR) is 89.0 cm³/mol. The summed E-state index contributed by atoms with van der Waals surface area (Å²) in [5, 5.41) is 4.56. The first-order valence-corrected chi connectivity index (χ1v) is 9.13. The van der Waals surface area contributed by atoms with Crippen molar-refractivity contribution in [2.75, 3.05) is 37.7 Å². The SMILES string of the molecule is Clc1cccc(C2CC(NCCN3CCSCC3)C2)c1. The van der Waals surface area contributed by atoms with E-state index in [1.54, 1.807) is 0 Å². The van der Waals surface area contributed by atoms with E-state index in [0.717, 1.165) is 11.6 Å². The predicted octanol–water partition coefficient (Wildman–Crippen LogP) is 3.22. The van der Waals surface area contributed by atoms with Gasteiger partial charge in [0, 0.05) is 48.7 Å². The van der Waals surface area contributed by atoms with Crippen molar-refractivity contribution in [1.82, 2.24) is 10.2 Å². The van der Waals surface area contributed by atoms with E-state index in [0.29, 0.717) is 12.0 Å². The van der Waals surface area contributed by atoms with Gasteiger partial charge in [0.05, 0.1) is 0 Å². The van der Waals surface area contributed by atoms with Crippen molar-refractivity contribution in [3.05, 3.63) is 34.9 Å². The van der Waals surface area contributed by atoms with E-state index < -0.39 is 0 Å². The second-order valence-corrected chi connectivity index (χ2v) is 7.49. The molecule has 0 aromatic heterocycles. The van der Waals surface area contributed by atoms with E-state index in [1.165, 1.54) is 49.5 Å². The van der Waals surface area contributed by atoms with Crippen LogP contribution in [0.25, 0.3) is 0 Å². The topological polar surface area (TPSA) is 15.3 Å². The molecule has 1 saturated carbocycles. The van der Waals surface area contributed by atoms with Crippen LogP contribution in [0.4, 0.5) is 0 Å². The van der Waals surface area contributed by atoms with Gasteiger partial charge in [0.15, 0.2) is 0 Å². The summed E-state index contributed by atoms with van der Waals surface area (Å²) < 4.78 is 0. The van der Waals surface area contributed by atoms with Gasteiger partial charge in [-0.1, -0.05) is 23.7 Å². The molecule has 0 bridgehead atoms. The Labute approximate surface area is 131 Å². The number of thioether (sulfide) groups is 1. The maximum Gasteiger partial charge on any atom is 0.0408 e. The molecule has 0 atom stereocenters. The second kappa shape index (κ2) is 7.17. The van der Waals surface area contributed by atoms with Crippen molar-refractivity contribution >= 4 is 23.4 Å². The Hall–Kier alpha value is -0.220. The van der Waals surface area contributed by atoms with E-state index >= 15 is 0 Å². The number of nitrogens with zero attached hydrogens (tertiary/aromatic N) is 1. The van der Waals surface area contributed by atoms with Crippen molar-refractivity contribution in [2.24, 2.45) is 0 Å². The lowest BCUT2D eigenvalue weighted by molar-refractivity contribution is 0.255. The second-order valence-electron chi connectivity index (χ2n) is 5.83. The third kappa shape index (κ3) is 3.91. The molecule has 0 amide bonds. The molecule has 20 heavy (non-hydrogen) atoms. The van der Waals surface area contributed by atoms with Crippen molar-refractivity contribution in [3.63, 3.8) is 0 Å². The number of rotatable bonds is 5. The monoisotopic (exact) mass is 310 g/mol. The zero-order valence-electron chi connectivity index (χ0n) is 11.9. The van der Waals surface area contributed by atoms with Crippen LogP contribution in [0, 0.1) is 0 Å². The van der Waals surface area contributed by atoms with E-state index in [9.17, 15) is 0 Å². The molecule has 2 fully saturated rings. The molecule has 2 aliphatic rings. The van der Waals surface area contributed by atoms with Gasteiger partial charge in [0.2, 0.25) is 0 Å². The van der Waals surface area contributed by atoms with Crippen LogP contribution in [0.1, 0.15) is 24.3 Å². The highest BCUT2D eigenvalue weighted by atomic mass is 35.5.